The van der Waals surface area contributed by atoms with Crippen LogP contribution in [0.1, 0.15) is 30.9 Å². The minimum atomic E-state index is -3.83. The van der Waals surface area contributed by atoms with Crippen LogP contribution in [-0.2, 0) is 32.8 Å². The Morgan fingerprint density at radius 2 is 2.10 bits per heavy atom. The zero-order chi connectivity index (χ0) is 14.8. The van der Waals surface area contributed by atoms with Gasteiger partial charge in [0.1, 0.15) is 6.04 Å². The molecule has 0 radical (unpaired) electrons. The normalized spacial score (nSPS) is 15.8. The number of rotatable bonds is 6. The number of sulfonamides is 1. The van der Waals surface area contributed by atoms with Gasteiger partial charge >= 0.3 is 5.97 Å². The van der Waals surface area contributed by atoms with Crippen LogP contribution in [0.4, 0.5) is 0 Å². The number of carbonyl (C=O) groups is 1. The van der Waals surface area contributed by atoms with E-state index < -0.39 is 22.0 Å². The van der Waals surface area contributed by atoms with Crippen molar-refractivity contribution in [2.45, 2.75) is 43.9 Å². The minimum absolute atomic E-state index is 0.0732. The van der Waals surface area contributed by atoms with E-state index in [1.54, 1.807) is 13.0 Å². The Morgan fingerprint density at radius 1 is 1.40 bits per heavy atom. The van der Waals surface area contributed by atoms with Gasteiger partial charge in [-0.2, -0.15) is 4.72 Å². The van der Waals surface area contributed by atoms with E-state index in [1.807, 2.05) is 0 Å². The average Bonchev–Trinajstić information content (AvgIpc) is 2.85. The molecule has 0 amide bonds. The van der Waals surface area contributed by atoms with Crippen LogP contribution in [-0.4, -0.2) is 25.5 Å². The van der Waals surface area contributed by atoms with E-state index in [4.69, 9.17) is 9.84 Å². The third-order valence-corrected chi connectivity index (χ3v) is 4.65. The SMILES string of the molecule is CCCC(NS(=O)(=O)c1ccc2c(c1)COC2)C(=O)O. The van der Waals surface area contributed by atoms with Crippen LogP contribution >= 0.6 is 0 Å². The molecule has 0 aromatic heterocycles. The topological polar surface area (TPSA) is 92.7 Å². The molecule has 6 nitrogen and oxygen atoms in total. The molecule has 1 heterocycles. The van der Waals surface area contributed by atoms with Gasteiger partial charge in [-0.15, -0.1) is 0 Å². The molecular weight excluding hydrogens is 282 g/mol. The first-order valence-corrected chi connectivity index (χ1v) is 7.87. The summed E-state index contributed by atoms with van der Waals surface area (Å²) >= 11 is 0. The van der Waals surface area contributed by atoms with E-state index >= 15 is 0 Å². The minimum Gasteiger partial charge on any atom is -0.480 e. The Morgan fingerprint density at radius 3 is 2.75 bits per heavy atom. The molecule has 2 N–H and O–H groups in total. The summed E-state index contributed by atoms with van der Waals surface area (Å²) in [5, 5.41) is 9.02. The Balaban J connectivity index is 2.23. The third-order valence-electron chi connectivity index (χ3n) is 3.18. The molecule has 110 valence electrons. The number of aliphatic carboxylic acids is 1. The fourth-order valence-electron chi connectivity index (χ4n) is 2.09. The summed E-state index contributed by atoms with van der Waals surface area (Å²) in [6.45, 7) is 2.67. The molecule has 1 aliphatic rings. The number of benzene rings is 1. The molecule has 20 heavy (non-hydrogen) atoms. The van der Waals surface area contributed by atoms with Gasteiger partial charge in [-0.25, -0.2) is 8.42 Å². The summed E-state index contributed by atoms with van der Waals surface area (Å²) in [6.07, 6.45) is 0.833. The highest BCUT2D eigenvalue weighted by Crippen LogP contribution is 2.23. The number of hydrogen-bond donors (Lipinski definition) is 2. The summed E-state index contributed by atoms with van der Waals surface area (Å²) in [5.74, 6) is -1.17. The van der Waals surface area contributed by atoms with E-state index in [0.29, 0.717) is 19.6 Å². The number of ether oxygens (including phenoxy) is 1. The maximum atomic E-state index is 12.2. The fraction of sp³-hybridized carbons (Fsp3) is 0.462. The van der Waals surface area contributed by atoms with Crippen molar-refractivity contribution in [3.8, 4) is 0 Å². The van der Waals surface area contributed by atoms with Crippen LogP contribution < -0.4 is 4.72 Å². The lowest BCUT2D eigenvalue weighted by molar-refractivity contribution is -0.139. The lowest BCUT2D eigenvalue weighted by atomic mass is 10.1. The maximum absolute atomic E-state index is 12.2. The van der Waals surface area contributed by atoms with Crippen molar-refractivity contribution in [1.29, 1.82) is 0 Å². The fourth-order valence-corrected chi connectivity index (χ4v) is 3.37. The molecule has 0 aliphatic carbocycles. The van der Waals surface area contributed by atoms with Crippen molar-refractivity contribution in [2.24, 2.45) is 0 Å². The molecule has 0 fully saturated rings. The number of nitrogens with one attached hydrogen (secondary N) is 1. The first kappa shape index (κ1) is 15.0. The van der Waals surface area contributed by atoms with E-state index in [9.17, 15) is 13.2 Å². The number of hydrogen-bond acceptors (Lipinski definition) is 4. The Hall–Kier alpha value is -1.44. The van der Waals surface area contributed by atoms with E-state index in [1.165, 1.54) is 12.1 Å². The maximum Gasteiger partial charge on any atom is 0.321 e. The Labute approximate surface area is 117 Å². The predicted molar refractivity (Wildman–Crippen MR) is 71.6 cm³/mol. The highest BCUT2D eigenvalue weighted by Gasteiger charge is 2.25. The van der Waals surface area contributed by atoms with Gasteiger partial charge in [0.25, 0.3) is 0 Å². The molecular formula is C13H17NO5S. The highest BCUT2D eigenvalue weighted by atomic mass is 32.2. The van der Waals surface area contributed by atoms with Crippen molar-refractivity contribution in [2.75, 3.05) is 0 Å². The van der Waals surface area contributed by atoms with Gasteiger partial charge in [-0.3, -0.25) is 4.79 Å². The van der Waals surface area contributed by atoms with Crippen LogP contribution in [0.15, 0.2) is 23.1 Å². The molecule has 1 aliphatic heterocycles. The Bertz CT molecular complexity index is 611. The molecule has 0 spiro atoms. The molecule has 1 unspecified atom stereocenters. The van der Waals surface area contributed by atoms with Gasteiger partial charge in [0.15, 0.2) is 0 Å². The van der Waals surface area contributed by atoms with Crippen molar-refractivity contribution < 1.29 is 23.1 Å². The largest absolute Gasteiger partial charge is 0.480 e. The van der Waals surface area contributed by atoms with Crippen LogP contribution in [0.5, 0.6) is 0 Å². The highest BCUT2D eigenvalue weighted by molar-refractivity contribution is 7.89. The summed E-state index contributed by atoms with van der Waals surface area (Å²) in [5.41, 5.74) is 1.79. The van der Waals surface area contributed by atoms with E-state index in [-0.39, 0.29) is 11.3 Å². The molecule has 0 saturated carbocycles. The van der Waals surface area contributed by atoms with Crippen molar-refractivity contribution in [3.05, 3.63) is 29.3 Å². The van der Waals surface area contributed by atoms with Gasteiger partial charge in [0.05, 0.1) is 18.1 Å². The molecule has 2 rings (SSSR count). The second kappa shape index (κ2) is 5.90. The van der Waals surface area contributed by atoms with Crippen LogP contribution in [0.3, 0.4) is 0 Å². The average molecular weight is 299 g/mol. The number of fused-ring (bicyclic) bond motifs is 1. The first-order chi connectivity index (χ1) is 9.44. The van der Waals surface area contributed by atoms with Crippen LogP contribution in [0.25, 0.3) is 0 Å². The molecule has 0 bridgehead atoms. The smallest absolute Gasteiger partial charge is 0.321 e. The molecule has 1 aromatic carbocycles. The van der Waals surface area contributed by atoms with Gasteiger partial charge < -0.3 is 9.84 Å². The molecule has 1 atom stereocenters. The summed E-state index contributed by atoms with van der Waals surface area (Å²) in [6, 6.07) is 3.61. The summed E-state index contributed by atoms with van der Waals surface area (Å²) in [7, 11) is -3.83. The molecule has 1 aromatic rings. The van der Waals surface area contributed by atoms with Crippen molar-refractivity contribution >= 4 is 16.0 Å². The van der Waals surface area contributed by atoms with Gasteiger partial charge in [0, 0.05) is 0 Å². The molecule has 7 heteroatoms. The Kier molecular flexibility index (Phi) is 4.42. The first-order valence-electron chi connectivity index (χ1n) is 6.38. The van der Waals surface area contributed by atoms with Gasteiger partial charge in [-0.05, 0) is 29.7 Å². The third kappa shape index (κ3) is 3.17. The zero-order valence-corrected chi connectivity index (χ0v) is 11.9. The van der Waals surface area contributed by atoms with E-state index in [2.05, 4.69) is 4.72 Å². The predicted octanol–water partition coefficient (Wildman–Crippen LogP) is 1.25. The van der Waals surface area contributed by atoms with Crippen molar-refractivity contribution in [3.63, 3.8) is 0 Å². The quantitative estimate of drug-likeness (QED) is 0.824. The lowest BCUT2D eigenvalue weighted by Crippen LogP contribution is -2.40. The molecule has 0 saturated heterocycles. The van der Waals surface area contributed by atoms with Crippen LogP contribution in [0.2, 0.25) is 0 Å². The van der Waals surface area contributed by atoms with Gasteiger partial charge in [0.2, 0.25) is 10.0 Å². The van der Waals surface area contributed by atoms with Crippen LogP contribution in [0, 0.1) is 0 Å². The summed E-state index contributed by atoms with van der Waals surface area (Å²) < 4.78 is 31.9. The zero-order valence-electron chi connectivity index (χ0n) is 11.1. The standard InChI is InChI=1S/C13H17NO5S/c1-2-3-12(13(15)16)14-20(17,18)11-5-4-9-7-19-8-10(9)6-11/h4-6,12,14H,2-3,7-8H2,1H3,(H,15,16). The van der Waals surface area contributed by atoms with Crippen molar-refractivity contribution in [1.82, 2.24) is 4.72 Å². The lowest BCUT2D eigenvalue weighted by Gasteiger charge is -2.14. The number of carboxylic acid groups (broad SMARTS) is 1. The number of carboxylic acids is 1. The summed E-state index contributed by atoms with van der Waals surface area (Å²) in [4.78, 5) is 11.1. The second-order valence-corrected chi connectivity index (χ2v) is 6.44. The second-order valence-electron chi connectivity index (χ2n) is 4.72. The van der Waals surface area contributed by atoms with E-state index in [0.717, 1.165) is 11.1 Å². The van der Waals surface area contributed by atoms with Gasteiger partial charge in [-0.1, -0.05) is 19.4 Å². The monoisotopic (exact) mass is 299 g/mol.